The van der Waals surface area contributed by atoms with Crippen molar-refractivity contribution in [2.24, 2.45) is 5.92 Å². The predicted octanol–water partition coefficient (Wildman–Crippen LogP) is 3.92. The summed E-state index contributed by atoms with van der Waals surface area (Å²) < 4.78 is 6.37. The third kappa shape index (κ3) is 5.88. The van der Waals surface area contributed by atoms with E-state index >= 15 is 0 Å². The monoisotopic (exact) mass is 418 g/mol. The van der Waals surface area contributed by atoms with Crippen molar-refractivity contribution in [3.8, 4) is 5.75 Å². The molecule has 0 spiro atoms. The van der Waals surface area contributed by atoms with Crippen LogP contribution in [0.15, 0.2) is 53.0 Å². The molecule has 0 aliphatic rings. The first kappa shape index (κ1) is 20.0. The van der Waals surface area contributed by atoms with Gasteiger partial charge in [-0.3, -0.25) is 9.59 Å². The van der Waals surface area contributed by atoms with Gasteiger partial charge in [-0.15, -0.1) is 0 Å². The molecule has 6 heteroatoms. The fourth-order valence-corrected chi connectivity index (χ4v) is 2.87. The number of rotatable bonds is 7. The van der Waals surface area contributed by atoms with E-state index in [-0.39, 0.29) is 24.3 Å². The molecule has 0 radical (unpaired) electrons. The van der Waals surface area contributed by atoms with Crippen molar-refractivity contribution in [3.05, 3.63) is 58.6 Å². The van der Waals surface area contributed by atoms with Gasteiger partial charge >= 0.3 is 0 Å². The zero-order chi connectivity index (χ0) is 19.1. The second-order valence-corrected chi connectivity index (χ2v) is 7.26. The van der Waals surface area contributed by atoms with Gasteiger partial charge in [-0.05, 0) is 48.7 Å². The van der Waals surface area contributed by atoms with Crippen LogP contribution in [0.25, 0.3) is 0 Å². The molecule has 0 bridgehead atoms. The van der Waals surface area contributed by atoms with E-state index in [1.165, 1.54) is 0 Å². The largest absolute Gasteiger partial charge is 0.484 e. The highest BCUT2D eigenvalue weighted by molar-refractivity contribution is 9.10. The Bertz CT molecular complexity index is 763. The fraction of sp³-hybridized carbons (Fsp3) is 0.300. The van der Waals surface area contributed by atoms with Gasteiger partial charge in [0, 0.05) is 10.2 Å². The maximum atomic E-state index is 12.6. The number of hydrogen-bond donors (Lipinski definition) is 2. The maximum absolute atomic E-state index is 12.6. The van der Waals surface area contributed by atoms with Crippen molar-refractivity contribution in [2.75, 3.05) is 11.9 Å². The third-order valence-corrected chi connectivity index (χ3v) is 4.32. The first-order chi connectivity index (χ1) is 12.4. The summed E-state index contributed by atoms with van der Waals surface area (Å²) in [5.41, 5.74) is 1.66. The lowest BCUT2D eigenvalue weighted by molar-refractivity contribution is -0.128. The lowest BCUT2D eigenvalue weighted by Crippen LogP contribution is -2.48. The summed E-state index contributed by atoms with van der Waals surface area (Å²) in [6.07, 6.45) is 0. The third-order valence-electron chi connectivity index (χ3n) is 3.83. The zero-order valence-corrected chi connectivity index (χ0v) is 16.7. The van der Waals surface area contributed by atoms with Gasteiger partial charge in [0.25, 0.3) is 5.91 Å². The lowest BCUT2D eigenvalue weighted by Gasteiger charge is -2.22. The molecule has 2 aromatic rings. The molecule has 1 unspecified atom stereocenters. The number of anilines is 1. The van der Waals surface area contributed by atoms with Crippen molar-refractivity contribution in [1.29, 1.82) is 0 Å². The Labute approximate surface area is 162 Å². The minimum atomic E-state index is -0.648. The van der Waals surface area contributed by atoms with Crippen LogP contribution in [0.1, 0.15) is 19.4 Å². The first-order valence-electron chi connectivity index (χ1n) is 8.41. The number of carbonyl (C=O) groups excluding carboxylic acids is 2. The fourth-order valence-electron chi connectivity index (χ4n) is 2.39. The minimum Gasteiger partial charge on any atom is -0.484 e. The van der Waals surface area contributed by atoms with E-state index < -0.39 is 6.04 Å². The highest BCUT2D eigenvalue weighted by atomic mass is 79.9. The van der Waals surface area contributed by atoms with Gasteiger partial charge in [-0.2, -0.15) is 0 Å². The summed E-state index contributed by atoms with van der Waals surface area (Å²) in [5.74, 6) is -0.0427. The van der Waals surface area contributed by atoms with Gasteiger partial charge < -0.3 is 15.4 Å². The van der Waals surface area contributed by atoms with Gasteiger partial charge in [0.2, 0.25) is 5.91 Å². The van der Waals surface area contributed by atoms with Crippen molar-refractivity contribution in [2.45, 2.75) is 26.8 Å². The number of amides is 2. The Balaban J connectivity index is 1.96. The van der Waals surface area contributed by atoms with Crippen LogP contribution in [0.2, 0.25) is 0 Å². The summed E-state index contributed by atoms with van der Waals surface area (Å²) in [4.78, 5) is 24.8. The summed E-state index contributed by atoms with van der Waals surface area (Å²) >= 11 is 3.40. The summed E-state index contributed by atoms with van der Waals surface area (Å²) in [5, 5.41) is 5.64. The van der Waals surface area contributed by atoms with Crippen LogP contribution in [-0.2, 0) is 9.59 Å². The second kappa shape index (κ2) is 9.38. The topological polar surface area (TPSA) is 67.4 Å². The molecule has 5 nitrogen and oxygen atoms in total. The van der Waals surface area contributed by atoms with E-state index in [2.05, 4.69) is 26.6 Å². The Morgan fingerprint density at radius 1 is 1.12 bits per heavy atom. The van der Waals surface area contributed by atoms with Crippen LogP contribution in [0.4, 0.5) is 5.69 Å². The molecule has 138 valence electrons. The normalized spacial score (nSPS) is 11.7. The number of carbonyl (C=O) groups is 2. The van der Waals surface area contributed by atoms with Crippen LogP contribution < -0.4 is 15.4 Å². The van der Waals surface area contributed by atoms with Crippen molar-refractivity contribution in [1.82, 2.24) is 5.32 Å². The molecule has 2 amide bonds. The van der Waals surface area contributed by atoms with Gasteiger partial charge in [0.15, 0.2) is 6.61 Å². The molecule has 0 heterocycles. The molecule has 0 saturated heterocycles. The smallest absolute Gasteiger partial charge is 0.258 e. The van der Waals surface area contributed by atoms with Crippen LogP contribution >= 0.6 is 15.9 Å². The van der Waals surface area contributed by atoms with Crippen LogP contribution in [0.5, 0.6) is 5.75 Å². The van der Waals surface area contributed by atoms with E-state index in [0.717, 1.165) is 15.7 Å². The van der Waals surface area contributed by atoms with Crippen molar-refractivity contribution >= 4 is 33.4 Å². The van der Waals surface area contributed by atoms with E-state index in [0.29, 0.717) is 5.75 Å². The Hall–Kier alpha value is -2.34. The summed E-state index contributed by atoms with van der Waals surface area (Å²) in [7, 11) is 0. The lowest BCUT2D eigenvalue weighted by atomic mass is 10.0. The summed E-state index contributed by atoms with van der Waals surface area (Å²) in [6, 6.07) is 14.0. The maximum Gasteiger partial charge on any atom is 0.258 e. The summed E-state index contributed by atoms with van der Waals surface area (Å²) in [6.45, 7) is 5.54. The SMILES string of the molecule is Cc1cc(Br)ccc1NC(=O)C(NC(=O)COc1ccccc1)C(C)C. The average molecular weight is 419 g/mol. The van der Waals surface area contributed by atoms with Gasteiger partial charge in [-0.25, -0.2) is 0 Å². The number of aryl methyl sites for hydroxylation is 1. The highest BCUT2D eigenvalue weighted by Crippen LogP contribution is 2.20. The quantitative estimate of drug-likeness (QED) is 0.715. The second-order valence-electron chi connectivity index (χ2n) is 6.34. The van der Waals surface area contributed by atoms with Gasteiger partial charge in [-0.1, -0.05) is 48.0 Å². The number of hydrogen-bond acceptors (Lipinski definition) is 3. The molecule has 0 saturated carbocycles. The molecule has 2 rings (SSSR count). The Morgan fingerprint density at radius 3 is 2.42 bits per heavy atom. The standard InChI is InChI=1S/C20H23BrN2O3/c1-13(2)19(20(25)22-17-10-9-15(21)11-14(17)3)23-18(24)12-26-16-7-5-4-6-8-16/h4-11,13,19H,12H2,1-3H3,(H,22,25)(H,23,24). The molecule has 26 heavy (non-hydrogen) atoms. The molecule has 2 aromatic carbocycles. The van der Waals surface area contributed by atoms with Crippen molar-refractivity contribution in [3.63, 3.8) is 0 Å². The molecule has 0 aliphatic carbocycles. The number of para-hydroxylation sites is 1. The molecule has 0 aromatic heterocycles. The first-order valence-corrected chi connectivity index (χ1v) is 9.20. The van der Waals surface area contributed by atoms with Crippen LogP contribution in [0, 0.1) is 12.8 Å². The highest BCUT2D eigenvalue weighted by Gasteiger charge is 2.24. The van der Waals surface area contributed by atoms with E-state index in [4.69, 9.17) is 4.74 Å². The minimum absolute atomic E-state index is 0.0635. The molecule has 0 aliphatic heterocycles. The average Bonchev–Trinajstić information content (AvgIpc) is 2.60. The van der Waals surface area contributed by atoms with E-state index in [1.807, 2.05) is 57.2 Å². The number of ether oxygens (including phenoxy) is 1. The Kier molecular flexibility index (Phi) is 7.21. The molecule has 2 N–H and O–H groups in total. The van der Waals surface area contributed by atoms with Crippen molar-refractivity contribution < 1.29 is 14.3 Å². The van der Waals surface area contributed by atoms with E-state index in [1.54, 1.807) is 12.1 Å². The zero-order valence-electron chi connectivity index (χ0n) is 15.1. The Morgan fingerprint density at radius 2 is 1.81 bits per heavy atom. The molecular formula is C20H23BrN2O3. The van der Waals surface area contributed by atoms with Crippen LogP contribution in [-0.4, -0.2) is 24.5 Å². The number of nitrogens with one attached hydrogen (secondary N) is 2. The van der Waals surface area contributed by atoms with Gasteiger partial charge in [0.1, 0.15) is 11.8 Å². The molecule has 1 atom stereocenters. The molecule has 0 fully saturated rings. The van der Waals surface area contributed by atoms with E-state index in [9.17, 15) is 9.59 Å². The van der Waals surface area contributed by atoms with Gasteiger partial charge in [0.05, 0.1) is 0 Å². The predicted molar refractivity (Wildman–Crippen MR) is 106 cm³/mol. The van der Waals surface area contributed by atoms with Crippen LogP contribution in [0.3, 0.4) is 0 Å². The number of halogens is 1. The number of benzene rings is 2. The molecular weight excluding hydrogens is 396 g/mol.